The Morgan fingerprint density at radius 3 is 2.60 bits per heavy atom. The van der Waals surface area contributed by atoms with Gasteiger partial charge in [-0.3, -0.25) is 4.79 Å². The Morgan fingerprint density at radius 2 is 2.05 bits per heavy atom. The van der Waals surface area contributed by atoms with Crippen LogP contribution in [0.15, 0.2) is 17.0 Å². The second kappa shape index (κ2) is 6.19. The molecular weight excluding hydrogens is 287 g/mol. The van der Waals surface area contributed by atoms with E-state index in [1.807, 2.05) is 0 Å². The number of carbonyl (C=O) groups is 1. The van der Waals surface area contributed by atoms with Crippen LogP contribution in [0.2, 0.25) is 0 Å². The van der Waals surface area contributed by atoms with E-state index in [1.54, 1.807) is 6.92 Å². The zero-order valence-electron chi connectivity index (χ0n) is 11.5. The lowest BCUT2D eigenvalue weighted by atomic mass is 10.2. The predicted molar refractivity (Wildman–Crippen MR) is 72.0 cm³/mol. The largest absolute Gasteiger partial charge is 0.465 e. The molecule has 0 amide bonds. The molecule has 0 heterocycles. The fourth-order valence-corrected chi connectivity index (χ4v) is 2.88. The van der Waals surface area contributed by atoms with Gasteiger partial charge in [-0.25, -0.2) is 12.8 Å². The molecule has 0 atom stereocenters. The molecule has 0 saturated carbocycles. The molecule has 0 saturated heterocycles. The van der Waals surface area contributed by atoms with Gasteiger partial charge >= 0.3 is 5.97 Å². The van der Waals surface area contributed by atoms with Crippen molar-refractivity contribution in [2.24, 2.45) is 0 Å². The van der Waals surface area contributed by atoms with E-state index in [-0.39, 0.29) is 17.9 Å². The summed E-state index contributed by atoms with van der Waals surface area (Å²) in [6.07, 6.45) is 0. The van der Waals surface area contributed by atoms with Crippen LogP contribution in [0, 0.1) is 12.7 Å². The van der Waals surface area contributed by atoms with Crippen LogP contribution in [-0.2, 0) is 19.6 Å². The third-order valence-electron chi connectivity index (χ3n) is 2.59. The number of benzene rings is 1. The molecule has 0 aliphatic heterocycles. The molecule has 112 valence electrons. The molecule has 0 aliphatic carbocycles. The molecule has 2 N–H and O–H groups in total. The van der Waals surface area contributed by atoms with Gasteiger partial charge in [0.2, 0.25) is 10.0 Å². The van der Waals surface area contributed by atoms with Crippen LogP contribution in [0.3, 0.4) is 0 Å². The Bertz CT molecular complexity index is 616. The molecule has 0 spiro atoms. The van der Waals surface area contributed by atoms with Crippen LogP contribution in [0.5, 0.6) is 0 Å². The second-order valence-electron chi connectivity index (χ2n) is 4.22. The number of ether oxygens (including phenoxy) is 1. The van der Waals surface area contributed by atoms with Gasteiger partial charge in [0.1, 0.15) is 17.3 Å². The van der Waals surface area contributed by atoms with Crippen molar-refractivity contribution >= 4 is 21.7 Å². The zero-order chi connectivity index (χ0) is 15.5. The second-order valence-corrected chi connectivity index (χ2v) is 6.23. The number of hydrogen-bond donors (Lipinski definition) is 1. The molecule has 0 radical (unpaired) electrons. The highest BCUT2D eigenvalue weighted by Gasteiger charge is 2.27. The first-order valence-corrected chi connectivity index (χ1v) is 7.31. The van der Waals surface area contributed by atoms with Gasteiger partial charge in [-0.1, -0.05) is 0 Å². The van der Waals surface area contributed by atoms with Gasteiger partial charge in [0.15, 0.2) is 0 Å². The topological polar surface area (TPSA) is 89.7 Å². The number of hydrogen-bond acceptors (Lipinski definition) is 5. The van der Waals surface area contributed by atoms with Crippen LogP contribution < -0.4 is 5.73 Å². The normalized spacial score (nSPS) is 11.7. The molecule has 8 heteroatoms. The number of esters is 1. The van der Waals surface area contributed by atoms with Crippen molar-refractivity contribution in [1.82, 2.24) is 4.31 Å². The number of nitrogen functional groups attached to an aromatic ring is 1. The number of halogens is 1. The van der Waals surface area contributed by atoms with Gasteiger partial charge in [-0.05, 0) is 31.5 Å². The van der Waals surface area contributed by atoms with Crippen molar-refractivity contribution in [3.05, 3.63) is 23.5 Å². The quantitative estimate of drug-likeness (QED) is 0.645. The number of carbonyl (C=O) groups excluding carboxylic acids is 1. The molecule has 0 aliphatic rings. The SMILES string of the molecule is CCOC(=O)CN(C)S(=O)(=O)c1cc(N)cc(C)c1F. The first-order valence-electron chi connectivity index (χ1n) is 5.87. The van der Waals surface area contributed by atoms with Crippen LogP contribution in [0.25, 0.3) is 0 Å². The maximum atomic E-state index is 13.9. The average molecular weight is 304 g/mol. The predicted octanol–water partition coefficient (Wildman–Crippen LogP) is 0.900. The lowest BCUT2D eigenvalue weighted by Crippen LogP contribution is -2.33. The van der Waals surface area contributed by atoms with Gasteiger partial charge in [0, 0.05) is 12.7 Å². The molecule has 6 nitrogen and oxygen atoms in total. The summed E-state index contributed by atoms with van der Waals surface area (Å²) < 4.78 is 43.8. The number of likely N-dealkylation sites (N-methyl/N-ethyl adjacent to an activating group) is 1. The third kappa shape index (κ3) is 3.45. The Labute approximate surface area is 117 Å². The van der Waals surface area contributed by atoms with Crippen LogP contribution in [-0.4, -0.2) is 38.9 Å². The summed E-state index contributed by atoms with van der Waals surface area (Å²) in [7, 11) is -2.98. The van der Waals surface area contributed by atoms with E-state index in [2.05, 4.69) is 4.74 Å². The molecular formula is C12H17FN2O4S. The highest BCUT2D eigenvalue weighted by molar-refractivity contribution is 7.89. The first kappa shape index (κ1) is 16.4. The first-order chi connectivity index (χ1) is 9.20. The van der Waals surface area contributed by atoms with E-state index in [0.29, 0.717) is 0 Å². The van der Waals surface area contributed by atoms with Crippen molar-refractivity contribution in [1.29, 1.82) is 0 Å². The lowest BCUT2D eigenvalue weighted by Gasteiger charge is -2.17. The van der Waals surface area contributed by atoms with E-state index in [0.717, 1.165) is 10.4 Å². The van der Waals surface area contributed by atoms with Crippen LogP contribution >= 0.6 is 0 Å². The molecule has 20 heavy (non-hydrogen) atoms. The van der Waals surface area contributed by atoms with Crippen molar-refractivity contribution in [3.8, 4) is 0 Å². The molecule has 0 bridgehead atoms. The minimum absolute atomic E-state index is 0.119. The fraction of sp³-hybridized carbons (Fsp3) is 0.417. The number of sulfonamides is 1. The van der Waals surface area contributed by atoms with E-state index in [9.17, 15) is 17.6 Å². The summed E-state index contributed by atoms with van der Waals surface area (Å²) >= 11 is 0. The number of nitrogens with zero attached hydrogens (tertiary/aromatic N) is 1. The van der Waals surface area contributed by atoms with Crippen molar-refractivity contribution in [2.75, 3.05) is 25.9 Å². The molecule has 1 rings (SSSR count). The number of anilines is 1. The summed E-state index contributed by atoms with van der Waals surface area (Å²) in [5.41, 5.74) is 5.78. The fourth-order valence-electron chi connectivity index (χ4n) is 1.59. The Hall–Kier alpha value is -1.67. The van der Waals surface area contributed by atoms with Gasteiger partial charge in [0.25, 0.3) is 0 Å². The van der Waals surface area contributed by atoms with Crippen LogP contribution in [0.4, 0.5) is 10.1 Å². The summed E-state index contributed by atoms with van der Waals surface area (Å²) in [4.78, 5) is 10.7. The smallest absolute Gasteiger partial charge is 0.321 e. The zero-order valence-corrected chi connectivity index (χ0v) is 12.3. The minimum Gasteiger partial charge on any atom is -0.465 e. The molecule has 1 aromatic rings. The van der Waals surface area contributed by atoms with Gasteiger partial charge in [-0.2, -0.15) is 4.31 Å². The standard InChI is InChI=1S/C12H17FN2O4S/c1-4-19-11(16)7-15(3)20(17,18)10-6-9(14)5-8(2)12(10)13/h5-6H,4,7,14H2,1-3H3. The summed E-state index contributed by atoms with van der Waals surface area (Å²) in [5.74, 6) is -1.59. The van der Waals surface area contributed by atoms with E-state index in [1.165, 1.54) is 20.0 Å². The maximum Gasteiger partial charge on any atom is 0.321 e. The maximum absolute atomic E-state index is 13.9. The number of rotatable bonds is 5. The Kier molecular flexibility index (Phi) is 5.07. The van der Waals surface area contributed by atoms with Crippen molar-refractivity contribution in [2.45, 2.75) is 18.7 Å². The minimum atomic E-state index is -4.15. The molecule has 1 aromatic carbocycles. The van der Waals surface area contributed by atoms with E-state index in [4.69, 9.17) is 5.73 Å². The number of nitrogens with two attached hydrogens (primary N) is 1. The van der Waals surface area contributed by atoms with E-state index >= 15 is 0 Å². The van der Waals surface area contributed by atoms with Gasteiger partial charge in [-0.15, -0.1) is 0 Å². The number of aryl methyl sites for hydroxylation is 1. The molecule has 0 fully saturated rings. The van der Waals surface area contributed by atoms with E-state index < -0.39 is 33.3 Å². The summed E-state index contributed by atoms with van der Waals surface area (Å²) in [5, 5.41) is 0. The van der Waals surface area contributed by atoms with Crippen molar-refractivity contribution in [3.63, 3.8) is 0 Å². The summed E-state index contributed by atoms with van der Waals surface area (Å²) in [6.45, 7) is 2.66. The highest BCUT2D eigenvalue weighted by Crippen LogP contribution is 2.24. The Morgan fingerprint density at radius 1 is 1.45 bits per heavy atom. The average Bonchev–Trinajstić information content (AvgIpc) is 2.33. The summed E-state index contributed by atoms with van der Waals surface area (Å²) in [6, 6.07) is 2.36. The van der Waals surface area contributed by atoms with Gasteiger partial charge in [0.05, 0.1) is 6.61 Å². The van der Waals surface area contributed by atoms with Crippen molar-refractivity contribution < 1.29 is 22.3 Å². The Balaban J connectivity index is 3.14. The molecule has 0 unspecified atom stereocenters. The molecule has 0 aromatic heterocycles. The third-order valence-corrected chi connectivity index (χ3v) is 4.39. The highest BCUT2D eigenvalue weighted by atomic mass is 32.2. The van der Waals surface area contributed by atoms with Crippen LogP contribution in [0.1, 0.15) is 12.5 Å². The monoisotopic (exact) mass is 304 g/mol. The van der Waals surface area contributed by atoms with Gasteiger partial charge < -0.3 is 10.5 Å². The lowest BCUT2D eigenvalue weighted by molar-refractivity contribution is -0.143.